The molecule has 2 aromatic carbocycles. The summed E-state index contributed by atoms with van der Waals surface area (Å²) in [6, 6.07) is 11.9. The van der Waals surface area contributed by atoms with E-state index >= 15 is 0 Å². The van der Waals surface area contributed by atoms with E-state index in [1.165, 1.54) is 17.4 Å². The lowest BCUT2D eigenvalue weighted by atomic mass is 10.2. The number of thiophene rings is 1. The Labute approximate surface area is 185 Å². The number of aryl methyl sites for hydroxylation is 1. The molecule has 1 aromatic heterocycles. The number of ether oxygens (including phenoxy) is 2. The van der Waals surface area contributed by atoms with Gasteiger partial charge in [-0.2, -0.15) is 0 Å². The minimum absolute atomic E-state index is 0.0171. The molecule has 1 aliphatic rings. The zero-order chi connectivity index (χ0) is 22.0. The highest BCUT2D eigenvalue weighted by atomic mass is 32.2. The molecule has 1 N–H and O–H groups in total. The molecule has 0 aliphatic carbocycles. The third-order valence-corrected chi connectivity index (χ3v) is 7.52. The maximum Gasteiger partial charge on any atom is 0.264 e. The normalized spacial score (nSPS) is 14.6. The number of nitrogens with zero attached hydrogens (tertiary/aromatic N) is 1. The van der Waals surface area contributed by atoms with Crippen LogP contribution >= 0.6 is 11.3 Å². The summed E-state index contributed by atoms with van der Waals surface area (Å²) in [7, 11) is -3.75. The molecule has 0 unspecified atom stereocenters. The fourth-order valence-electron chi connectivity index (χ4n) is 3.46. The Morgan fingerprint density at radius 2 is 1.94 bits per heavy atom. The summed E-state index contributed by atoms with van der Waals surface area (Å²) in [4.78, 5) is 15.3. The topological polar surface area (TPSA) is 84.9 Å². The zero-order valence-corrected chi connectivity index (χ0v) is 19.0. The fourth-order valence-corrected chi connectivity index (χ4v) is 5.60. The van der Waals surface area contributed by atoms with E-state index < -0.39 is 10.0 Å². The van der Waals surface area contributed by atoms with Crippen molar-refractivity contribution in [3.63, 3.8) is 0 Å². The summed E-state index contributed by atoms with van der Waals surface area (Å²) in [5.74, 6) is 0.648. The van der Waals surface area contributed by atoms with Crippen molar-refractivity contribution in [3.05, 3.63) is 52.9 Å². The van der Waals surface area contributed by atoms with Crippen LogP contribution in [0.25, 0.3) is 10.1 Å². The van der Waals surface area contributed by atoms with Gasteiger partial charge in [0.15, 0.2) is 0 Å². The van der Waals surface area contributed by atoms with Crippen molar-refractivity contribution in [2.24, 2.45) is 0 Å². The fraction of sp³-hybridized carbons (Fsp3) is 0.318. The Balaban J connectivity index is 1.55. The largest absolute Gasteiger partial charge is 0.494 e. The van der Waals surface area contributed by atoms with Crippen molar-refractivity contribution < 1.29 is 22.7 Å². The van der Waals surface area contributed by atoms with Gasteiger partial charge in [-0.05, 0) is 67.3 Å². The number of fused-ring (bicyclic) bond motifs is 1. The van der Waals surface area contributed by atoms with E-state index in [2.05, 4.69) is 4.72 Å². The van der Waals surface area contributed by atoms with E-state index in [4.69, 9.17) is 9.47 Å². The third kappa shape index (κ3) is 4.68. The van der Waals surface area contributed by atoms with E-state index in [9.17, 15) is 13.2 Å². The number of sulfonamides is 1. The predicted molar refractivity (Wildman–Crippen MR) is 122 cm³/mol. The molecule has 3 aromatic rings. The molecule has 1 aliphatic heterocycles. The minimum Gasteiger partial charge on any atom is -0.494 e. The average molecular weight is 461 g/mol. The van der Waals surface area contributed by atoms with Crippen LogP contribution in [0.1, 0.15) is 22.2 Å². The molecule has 1 saturated heterocycles. The number of carbonyl (C=O) groups is 1. The summed E-state index contributed by atoms with van der Waals surface area (Å²) in [6.07, 6.45) is 0. The number of carbonyl (C=O) groups excluding carboxylic acids is 1. The lowest BCUT2D eigenvalue weighted by molar-refractivity contribution is 0.0306. The maximum absolute atomic E-state index is 12.9. The minimum atomic E-state index is -3.75. The molecule has 31 heavy (non-hydrogen) atoms. The molecule has 0 bridgehead atoms. The maximum atomic E-state index is 12.9. The van der Waals surface area contributed by atoms with E-state index in [1.807, 2.05) is 26.0 Å². The molecule has 164 valence electrons. The van der Waals surface area contributed by atoms with Gasteiger partial charge in [0.25, 0.3) is 15.9 Å². The van der Waals surface area contributed by atoms with E-state index in [1.54, 1.807) is 29.2 Å². The Bertz CT molecular complexity index is 1210. The summed E-state index contributed by atoms with van der Waals surface area (Å²) >= 11 is 1.41. The van der Waals surface area contributed by atoms with Crippen molar-refractivity contribution in [1.29, 1.82) is 0 Å². The molecular weight excluding hydrogens is 436 g/mol. The molecule has 4 rings (SSSR count). The van der Waals surface area contributed by atoms with Gasteiger partial charge in [0.1, 0.15) is 5.75 Å². The molecule has 2 heterocycles. The lowest BCUT2D eigenvalue weighted by Gasteiger charge is -2.26. The van der Waals surface area contributed by atoms with Crippen LogP contribution in [0.2, 0.25) is 0 Å². The van der Waals surface area contributed by atoms with Gasteiger partial charge in [-0.3, -0.25) is 9.52 Å². The Kier molecular flexibility index (Phi) is 6.17. The number of nitrogens with one attached hydrogen (secondary N) is 1. The van der Waals surface area contributed by atoms with Gasteiger partial charge in [0.05, 0.1) is 29.6 Å². The number of rotatable bonds is 6. The summed E-state index contributed by atoms with van der Waals surface area (Å²) in [5.41, 5.74) is 1.20. The molecule has 1 amide bonds. The van der Waals surface area contributed by atoms with Crippen LogP contribution in [0.15, 0.2) is 47.4 Å². The van der Waals surface area contributed by atoms with Gasteiger partial charge in [0, 0.05) is 23.5 Å². The Hall–Kier alpha value is -2.62. The second kappa shape index (κ2) is 8.86. The van der Waals surface area contributed by atoms with Crippen LogP contribution < -0.4 is 9.46 Å². The molecule has 0 radical (unpaired) electrons. The van der Waals surface area contributed by atoms with Gasteiger partial charge >= 0.3 is 0 Å². The first-order chi connectivity index (χ1) is 14.9. The van der Waals surface area contributed by atoms with Crippen LogP contribution in [0.3, 0.4) is 0 Å². The molecule has 7 nitrogen and oxygen atoms in total. The number of hydrogen-bond donors (Lipinski definition) is 1. The first-order valence-electron chi connectivity index (χ1n) is 10.0. The number of morpholine rings is 1. The van der Waals surface area contributed by atoms with Crippen LogP contribution in [-0.4, -0.2) is 52.1 Å². The standard InChI is InChI=1S/C22H24N2O5S2/c1-3-29-19-6-5-18(12-15(19)2)31(26,27)23-17-4-7-20-16(13-17)14-21(30-20)22(25)24-8-10-28-11-9-24/h4-7,12-14,23H,3,8-11H2,1-2H3. The SMILES string of the molecule is CCOc1ccc(S(=O)(=O)Nc2ccc3sc(C(=O)N4CCOCC4)cc3c2)cc1C. The highest BCUT2D eigenvalue weighted by Crippen LogP contribution is 2.30. The van der Waals surface area contributed by atoms with Gasteiger partial charge in [-0.15, -0.1) is 11.3 Å². The predicted octanol–water partition coefficient (Wildman–Crippen LogP) is 3.88. The van der Waals surface area contributed by atoms with Crippen molar-refractivity contribution in [3.8, 4) is 5.75 Å². The lowest BCUT2D eigenvalue weighted by Crippen LogP contribution is -2.40. The quantitative estimate of drug-likeness (QED) is 0.603. The van der Waals surface area contributed by atoms with E-state index in [0.717, 1.165) is 15.6 Å². The molecule has 0 spiro atoms. The highest BCUT2D eigenvalue weighted by molar-refractivity contribution is 7.92. The third-order valence-electron chi connectivity index (χ3n) is 5.03. The first-order valence-corrected chi connectivity index (χ1v) is 12.3. The van der Waals surface area contributed by atoms with Crippen molar-refractivity contribution in [2.45, 2.75) is 18.7 Å². The van der Waals surface area contributed by atoms with Crippen molar-refractivity contribution in [1.82, 2.24) is 4.90 Å². The molecule has 0 atom stereocenters. The second-order valence-electron chi connectivity index (χ2n) is 7.23. The van der Waals surface area contributed by atoms with Crippen LogP contribution in [0.5, 0.6) is 5.75 Å². The van der Waals surface area contributed by atoms with Gasteiger partial charge < -0.3 is 14.4 Å². The summed E-state index contributed by atoms with van der Waals surface area (Å²) < 4.78 is 40.1. The van der Waals surface area contributed by atoms with Crippen LogP contribution in [0.4, 0.5) is 5.69 Å². The second-order valence-corrected chi connectivity index (χ2v) is 10.00. The van der Waals surface area contributed by atoms with E-state index in [0.29, 0.717) is 49.2 Å². The number of hydrogen-bond acceptors (Lipinski definition) is 6. The van der Waals surface area contributed by atoms with Gasteiger partial charge in [-0.25, -0.2) is 8.42 Å². The number of anilines is 1. The van der Waals surface area contributed by atoms with E-state index in [-0.39, 0.29) is 10.8 Å². The highest BCUT2D eigenvalue weighted by Gasteiger charge is 2.21. The van der Waals surface area contributed by atoms with Gasteiger partial charge in [-0.1, -0.05) is 0 Å². The monoisotopic (exact) mass is 460 g/mol. The Morgan fingerprint density at radius 1 is 1.16 bits per heavy atom. The van der Waals surface area contributed by atoms with Gasteiger partial charge in [0.2, 0.25) is 0 Å². The molecule has 1 fully saturated rings. The number of benzene rings is 2. The number of amides is 1. The van der Waals surface area contributed by atoms with Crippen molar-refractivity contribution in [2.75, 3.05) is 37.6 Å². The summed E-state index contributed by atoms with van der Waals surface area (Å²) in [5, 5.41) is 0.824. The smallest absolute Gasteiger partial charge is 0.264 e. The Morgan fingerprint density at radius 3 is 2.65 bits per heavy atom. The van der Waals surface area contributed by atoms with Crippen LogP contribution in [-0.2, 0) is 14.8 Å². The van der Waals surface area contributed by atoms with Crippen LogP contribution in [0, 0.1) is 6.92 Å². The summed E-state index contributed by atoms with van der Waals surface area (Å²) in [6.45, 7) is 6.48. The average Bonchev–Trinajstić information content (AvgIpc) is 3.18. The molecule has 9 heteroatoms. The first kappa shape index (κ1) is 21.6. The molecular formula is C22H24N2O5S2. The van der Waals surface area contributed by atoms with Crippen molar-refractivity contribution >= 4 is 43.0 Å². The zero-order valence-electron chi connectivity index (χ0n) is 17.4. The molecule has 0 saturated carbocycles.